The van der Waals surface area contributed by atoms with E-state index in [0.717, 1.165) is 57.2 Å². The van der Waals surface area contributed by atoms with Crippen LogP contribution in [-0.2, 0) is 11.2 Å². The number of hydrogen-bond acceptors (Lipinski definition) is 3. The molecule has 0 bridgehead atoms. The Morgan fingerprint density at radius 2 is 2.19 bits per heavy atom. The van der Waals surface area contributed by atoms with Crippen LogP contribution in [0, 0.1) is 5.92 Å². The van der Waals surface area contributed by atoms with Crippen LogP contribution in [0.1, 0.15) is 54.4 Å². The molecule has 1 aliphatic carbocycles. The fourth-order valence-electron chi connectivity index (χ4n) is 4.03. The molecule has 3 aliphatic rings. The minimum Gasteiger partial charge on any atom is -0.385 e. The van der Waals surface area contributed by atoms with Gasteiger partial charge in [0.2, 0.25) is 0 Å². The zero-order valence-corrected chi connectivity index (χ0v) is 12.5. The minimum absolute atomic E-state index is 0.0499. The number of ether oxygens (including phenoxy) is 1. The third kappa shape index (κ3) is 2.38. The highest BCUT2D eigenvalue weighted by Gasteiger charge is 2.44. The van der Waals surface area contributed by atoms with Crippen LogP contribution >= 0.6 is 0 Å². The Labute approximate surface area is 126 Å². The van der Waals surface area contributed by atoms with Crippen molar-refractivity contribution < 1.29 is 9.53 Å². The van der Waals surface area contributed by atoms with Gasteiger partial charge in [0.25, 0.3) is 0 Å². The number of rotatable bonds is 2. The number of carbonyl (C=O) groups is 1. The molecule has 1 saturated carbocycles. The molecule has 0 aromatic heterocycles. The second-order valence-corrected chi connectivity index (χ2v) is 6.84. The Morgan fingerprint density at radius 3 is 3.00 bits per heavy atom. The molecule has 2 fully saturated rings. The van der Waals surface area contributed by atoms with Crippen LogP contribution in [0.3, 0.4) is 0 Å². The van der Waals surface area contributed by atoms with Gasteiger partial charge < -0.3 is 10.1 Å². The first kappa shape index (κ1) is 13.3. The average Bonchev–Trinajstić information content (AvgIpc) is 2.52. The maximum absolute atomic E-state index is 12.8. The molecule has 1 unspecified atom stereocenters. The van der Waals surface area contributed by atoms with E-state index in [1.54, 1.807) is 0 Å². The quantitative estimate of drug-likeness (QED) is 0.844. The molecule has 0 radical (unpaired) electrons. The van der Waals surface area contributed by atoms with Gasteiger partial charge in [-0.05, 0) is 68.7 Å². The molecular formula is C18H23NO2. The molecule has 3 nitrogen and oxygen atoms in total. The summed E-state index contributed by atoms with van der Waals surface area (Å²) in [6, 6.07) is 6.20. The highest BCUT2D eigenvalue weighted by atomic mass is 16.5. The molecule has 0 amide bonds. The third-order valence-electron chi connectivity index (χ3n) is 5.46. The van der Waals surface area contributed by atoms with Crippen molar-refractivity contribution in [3.05, 3.63) is 29.3 Å². The second-order valence-electron chi connectivity index (χ2n) is 6.84. The molecule has 1 aromatic rings. The normalized spacial score (nSPS) is 26.6. The van der Waals surface area contributed by atoms with Gasteiger partial charge in [-0.3, -0.25) is 4.79 Å². The molecule has 3 heteroatoms. The topological polar surface area (TPSA) is 38.3 Å². The van der Waals surface area contributed by atoms with E-state index in [1.165, 1.54) is 17.7 Å². The van der Waals surface area contributed by atoms with Crippen LogP contribution in [0.2, 0.25) is 0 Å². The Morgan fingerprint density at radius 1 is 1.29 bits per heavy atom. The maximum Gasteiger partial charge on any atom is 0.166 e. The maximum atomic E-state index is 12.8. The highest BCUT2D eigenvalue weighted by Crippen LogP contribution is 2.45. The van der Waals surface area contributed by atoms with Crippen molar-refractivity contribution in [1.29, 1.82) is 0 Å². The number of Topliss-reactive ketones (excluding diaryl/α,β-unsaturated/α-hetero) is 1. The molecule has 2 aliphatic heterocycles. The molecular weight excluding hydrogens is 262 g/mol. The van der Waals surface area contributed by atoms with Crippen molar-refractivity contribution in [2.75, 3.05) is 18.5 Å². The first-order valence-corrected chi connectivity index (χ1v) is 8.31. The molecule has 1 saturated heterocycles. The number of fused-ring (bicyclic) bond motifs is 1. The summed E-state index contributed by atoms with van der Waals surface area (Å²) in [5.74, 6) is 0.492. The first-order chi connectivity index (χ1) is 10.3. The second kappa shape index (κ2) is 5.13. The van der Waals surface area contributed by atoms with Gasteiger partial charge >= 0.3 is 0 Å². The van der Waals surface area contributed by atoms with Crippen molar-refractivity contribution in [2.24, 2.45) is 5.92 Å². The fourth-order valence-corrected chi connectivity index (χ4v) is 4.03. The van der Waals surface area contributed by atoms with Crippen molar-refractivity contribution in [2.45, 2.75) is 50.5 Å². The van der Waals surface area contributed by atoms with Gasteiger partial charge in [-0.2, -0.15) is 0 Å². The molecule has 1 atom stereocenters. The summed E-state index contributed by atoms with van der Waals surface area (Å²) >= 11 is 0. The van der Waals surface area contributed by atoms with E-state index in [1.807, 2.05) is 6.07 Å². The van der Waals surface area contributed by atoms with Crippen LogP contribution in [0.4, 0.5) is 5.69 Å². The van der Waals surface area contributed by atoms with Gasteiger partial charge in [0.05, 0.1) is 5.60 Å². The van der Waals surface area contributed by atoms with Crippen LogP contribution < -0.4 is 5.32 Å². The number of ketones is 1. The summed E-state index contributed by atoms with van der Waals surface area (Å²) < 4.78 is 5.95. The van der Waals surface area contributed by atoms with Gasteiger partial charge in [-0.15, -0.1) is 0 Å². The van der Waals surface area contributed by atoms with Gasteiger partial charge in [0.15, 0.2) is 5.78 Å². The lowest BCUT2D eigenvalue weighted by Crippen LogP contribution is -2.47. The van der Waals surface area contributed by atoms with E-state index in [9.17, 15) is 4.79 Å². The third-order valence-corrected chi connectivity index (χ3v) is 5.46. The molecule has 4 rings (SSSR count). The lowest BCUT2D eigenvalue weighted by molar-refractivity contribution is -0.137. The molecule has 1 spiro atoms. The van der Waals surface area contributed by atoms with E-state index in [-0.39, 0.29) is 11.5 Å². The predicted molar refractivity (Wildman–Crippen MR) is 82.8 cm³/mol. The van der Waals surface area contributed by atoms with Crippen molar-refractivity contribution >= 4 is 11.5 Å². The van der Waals surface area contributed by atoms with E-state index in [4.69, 9.17) is 4.74 Å². The molecule has 21 heavy (non-hydrogen) atoms. The van der Waals surface area contributed by atoms with Crippen LogP contribution in [-0.4, -0.2) is 24.5 Å². The van der Waals surface area contributed by atoms with Crippen molar-refractivity contribution in [3.8, 4) is 0 Å². The summed E-state index contributed by atoms with van der Waals surface area (Å²) in [4.78, 5) is 12.8. The number of nitrogens with one attached hydrogen (secondary N) is 1. The summed E-state index contributed by atoms with van der Waals surface area (Å²) in [5, 5.41) is 3.41. The van der Waals surface area contributed by atoms with Gasteiger partial charge in [0, 0.05) is 30.3 Å². The number of aryl methyl sites for hydroxylation is 1. The summed E-state index contributed by atoms with van der Waals surface area (Å²) in [6.07, 6.45) is 7.60. The smallest absolute Gasteiger partial charge is 0.166 e. The SMILES string of the molecule is O=C(c1ccc2c(c1)CCCN2)C1CCOC2(CCC2)C1. The van der Waals surface area contributed by atoms with Gasteiger partial charge in [-0.1, -0.05) is 0 Å². The van der Waals surface area contributed by atoms with Crippen molar-refractivity contribution in [1.82, 2.24) is 0 Å². The lowest BCUT2D eigenvalue weighted by Gasteiger charge is -2.46. The first-order valence-electron chi connectivity index (χ1n) is 8.31. The zero-order chi connectivity index (χ0) is 14.3. The molecule has 2 heterocycles. The van der Waals surface area contributed by atoms with E-state index < -0.39 is 0 Å². The van der Waals surface area contributed by atoms with Crippen LogP contribution in [0.5, 0.6) is 0 Å². The van der Waals surface area contributed by atoms with Gasteiger partial charge in [0.1, 0.15) is 0 Å². The zero-order valence-electron chi connectivity index (χ0n) is 12.5. The van der Waals surface area contributed by atoms with E-state index in [2.05, 4.69) is 17.4 Å². The Hall–Kier alpha value is -1.35. The molecule has 112 valence electrons. The number of benzene rings is 1. The Kier molecular flexibility index (Phi) is 3.26. The predicted octanol–water partition coefficient (Wildman–Crippen LogP) is 3.58. The molecule has 1 N–H and O–H groups in total. The summed E-state index contributed by atoms with van der Waals surface area (Å²) in [6.45, 7) is 1.80. The average molecular weight is 285 g/mol. The Bertz CT molecular complexity index is 562. The monoisotopic (exact) mass is 285 g/mol. The summed E-state index contributed by atoms with van der Waals surface area (Å²) in [5.41, 5.74) is 3.46. The highest BCUT2D eigenvalue weighted by molar-refractivity contribution is 5.98. The molecule has 1 aromatic carbocycles. The Balaban J connectivity index is 1.54. The standard InChI is InChI=1S/C18H23NO2/c20-17(15-6-10-21-18(12-15)7-2-8-18)14-4-5-16-13(11-14)3-1-9-19-16/h4-5,11,15,19H,1-3,6-10,12H2. The summed E-state index contributed by atoms with van der Waals surface area (Å²) in [7, 11) is 0. The van der Waals surface area contributed by atoms with E-state index in [0.29, 0.717) is 5.78 Å². The van der Waals surface area contributed by atoms with E-state index >= 15 is 0 Å². The lowest BCUT2D eigenvalue weighted by atomic mass is 9.70. The fraction of sp³-hybridized carbons (Fsp3) is 0.611. The van der Waals surface area contributed by atoms with Crippen molar-refractivity contribution in [3.63, 3.8) is 0 Å². The number of hydrogen-bond donors (Lipinski definition) is 1. The minimum atomic E-state index is 0.0499. The van der Waals surface area contributed by atoms with Gasteiger partial charge in [-0.25, -0.2) is 0 Å². The van der Waals surface area contributed by atoms with Crippen LogP contribution in [0.25, 0.3) is 0 Å². The van der Waals surface area contributed by atoms with Crippen LogP contribution in [0.15, 0.2) is 18.2 Å². The number of anilines is 1. The number of carbonyl (C=O) groups excluding carboxylic acids is 1. The largest absolute Gasteiger partial charge is 0.385 e.